The number of anilines is 1. The smallest absolute Gasteiger partial charge is 0.347 e. The standard InChI is InChI=1S/C18H24F3N3O2/c19-18(20,21)14-7-13(10-22)8-15(9-14)24-17(26)11-23-16(25)6-5-12-3-1-2-4-12/h7-9,12H,1-6,10-11,22H2,(H,23,25)(H,24,26). The van der Waals surface area contributed by atoms with Crippen LogP contribution in [0.3, 0.4) is 0 Å². The van der Waals surface area contributed by atoms with Gasteiger partial charge in [-0.2, -0.15) is 13.2 Å². The molecule has 0 atom stereocenters. The van der Waals surface area contributed by atoms with Gasteiger partial charge in [-0.05, 0) is 36.1 Å². The summed E-state index contributed by atoms with van der Waals surface area (Å²) in [5.41, 5.74) is 4.79. The van der Waals surface area contributed by atoms with Crippen LogP contribution in [0.1, 0.15) is 49.7 Å². The molecule has 1 aromatic rings. The van der Waals surface area contributed by atoms with E-state index >= 15 is 0 Å². The molecule has 1 fully saturated rings. The lowest BCUT2D eigenvalue weighted by Gasteiger charge is -2.13. The highest BCUT2D eigenvalue weighted by Crippen LogP contribution is 2.32. The molecule has 2 rings (SSSR count). The Morgan fingerprint density at radius 3 is 2.42 bits per heavy atom. The van der Waals surface area contributed by atoms with E-state index in [-0.39, 0.29) is 30.2 Å². The minimum atomic E-state index is -4.53. The van der Waals surface area contributed by atoms with Crippen LogP contribution in [0.15, 0.2) is 18.2 Å². The van der Waals surface area contributed by atoms with E-state index < -0.39 is 17.6 Å². The molecule has 1 aliphatic rings. The number of alkyl halides is 3. The molecule has 1 saturated carbocycles. The monoisotopic (exact) mass is 371 g/mol. The first-order chi connectivity index (χ1) is 12.3. The van der Waals surface area contributed by atoms with Gasteiger partial charge < -0.3 is 16.4 Å². The van der Waals surface area contributed by atoms with Gasteiger partial charge in [-0.25, -0.2) is 0 Å². The van der Waals surface area contributed by atoms with Crippen molar-refractivity contribution in [1.29, 1.82) is 0 Å². The molecule has 5 nitrogen and oxygen atoms in total. The number of hydrogen-bond acceptors (Lipinski definition) is 3. The zero-order valence-electron chi connectivity index (χ0n) is 14.5. The molecule has 4 N–H and O–H groups in total. The van der Waals surface area contributed by atoms with E-state index in [9.17, 15) is 22.8 Å². The summed E-state index contributed by atoms with van der Waals surface area (Å²) < 4.78 is 38.6. The summed E-state index contributed by atoms with van der Waals surface area (Å²) in [5, 5.41) is 4.87. The topological polar surface area (TPSA) is 84.2 Å². The normalized spacial score (nSPS) is 15.1. The number of nitrogens with two attached hydrogens (primary N) is 1. The molecule has 0 radical (unpaired) electrons. The fourth-order valence-electron chi connectivity index (χ4n) is 3.15. The van der Waals surface area contributed by atoms with Gasteiger partial charge in [0.05, 0.1) is 12.1 Å². The fourth-order valence-corrected chi connectivity index (χ4v) is 3.15. The van der Waals surface area contributed by atoms with Crippen LogP contribution in [0.5, 0.6) is 0 Å². The van der Waals surface area contributed by atoms with Crippen molar-refractivity contribution in [3.05, 3.63) is 29.3 Å². The third-order valence-electron chi connectivity index (χ3n) is 4.54. The van der Waals surface area contributed by atoms with Crippen molar-refractivity contribution in [3.63, 3.8) is 0 Å². The van der Waals surface area contributed by atoms with Crippen molar-refractivity contribution in [3.8, 4) is 0 Å². The lowest BCUT2D eigenvalue weighted by molar-refractivity contribution is -0.137. The third-order valence-corrected chi connectivity index (χ3v) is 4.54. The number of nitrogens with one attached hydrogen (secondary N) is 2. The van der Waals surface area contributed by atoms with Gasteiger partial charge in [-0.1, -0.05) is 25.7 Å². The highest BCUT2D eigenvalue weighted by molar-refractivity contribution is 5.94. The molecule has 0 bridgehead atoms. The van der Waals surface area contributed by atoms with E-state index in [1.807, 2.05) is 0 Å². The second-order valence-electron chi connectivity index (χ2n) is 6.63. The average Bonchev–Trinajstić information content (AvgIpc) is 3.10. The van der Waals surface area contributed by atoms with Gasteiger partial charge in [-0.15, -0.1) is 0 Å². The Kier molecular flexibility index (Phi) is 7.02. The van der Waals surface area contributed by atoms with E-state index in [0.29, 0.717) is 12.3 Å². The number of rotatable bonds is 7. The fraction of sp³-hybridized carbons (Fsp3) is 0.556. The third kappa shape index (κ3) is 6.33. The zero-order chi connectivity index (χ0) is 19.2. The molecule has 8 heteroatoms. The molecule has 0 heterocycles. The molecule has 0 aromatic heterocycles. The zero-order valence-corrected chi connectivity index (χ0v) is 14.5. The average molecular weight is 371 g/mol. The van der Waals surface area contributed by atoms with Crippen molar-refractivity contribution < 1.29 is 22.8 Å². The number of carbonyl (C=O) groups is 2. The maximum Gasteiger partial charge on any atom is 0.416 e. The van der Waals surface area contributed by atoms with Gasteiger partial charge in [-0.3, -0.25) is 9.59 Å². The van der Waals surface area contributed by atoms with Crippen LogP contribution in [0.25, 0.3) is 0 Å². The molecule has 0 unspecified atom stereocenters. The molecule has 144 valence electrons. The van der Waals surface area contributed by atoms with Crippen molar-refractivity contribution in [2.24, 2.45) is 11.7 Å². The predicted octanol–water partition coefficient (Wildman–Crippen LogP) is 3.19. The quantitative estimate of drug-likeness (QED) is 0.688. The maximum atomic E-state index is 12.9. The highest BCUT2D eigenvalue weighted by atomic mass is 19.4. The molecular formula is C18H24F3N3O2. The summed E-state index contributed by atoms with van der Waals surface area (Å²) >= 11 is 0. The second-order valence-corrected chi connectivity index (χ2v) is 6.63. The predicted molar refractivity (Wildman–Crippen MR) is 92.2 cm³/mol. The Morgan fingerprint density at radius 2 is 1.81 bits per heavy atom. The number of benzene rings is 1. The van der Waals surface area contributed by atoms with Crippen molar-refractivity contribution in [2.75, 3.05) is 11.9 Å². The molecule has 0 aliphatic heterocycles. The Hall–Kier alpha value is -2.09. The molecule has 0 spiro atoms. The number of amides is 2. The molecule has 2 amide bonds. The van der Waals surface area contributed by atoms with Crippen LogP contribution in [0, 0.1) is 5.92 Å². The Labute approximate surface area is 150 Å². The van der Waals surface area contributed by atoms with Crippen molar-refractivity contribution >= 4 is 17.5 Å². The summed E-state index contributed by atoms with van der Waals surface area (Å²) in [5.74, 6) is -0.227. The second kappa shape index (κ2) is 9.02. The van der Waals surface area contributed by atoms with Crippen LogP contribution in [-0.2, 0) is 22.3 Å². The lowest BCUT2D eigenvalue weighted by Crippen LogP contribution is -2.33. The lowest BCUT2D eigenvalue weighted by atomic mass is 10.0. The Balaban J connectivity index is 1.83. The largest absolute Gasteiger partial charge is 0.416 e. The first-order valence-electron chi connectivity index (χ1n) is 8.75. The van der Waals surface area contributed by atoms with Crippen LogP contribution in [0.4, 0.5) is 18.9 Å². The number of carbonyl (C=O) groups excluding carboxylic acids is 2. The van der Waals surface area contributed by atoms with Gasteiger partial charge in [0, 0.05) is 18.7 Å². The van der Waals surface area contributed by atoms with Crippen LogP contribution < -0.4 is 16.4 Å². The van der Waals surface area contributed by atoms with Crippen LogP contribution in [-0.4, -0.2) is 18.4 Å². The SMILES string of the molecule is NCc1cc(NC(=O)CNC(=O)CCC2CCCC2)cc(C(F)(F)F)c1. The Bertz CT molecular complexity index is 641. The minimum absolute atomic E-state index is 0.00507. The van der Waals surface area contributed by atoms with Gasteiger partial charge >= 0.3 is 6.18 Å². The van der Waals surface area contributed by atoms with Gasteiger partial charge in [0.25, 0.3) is 0 Å². The van der Waals surface area contributed by atoms with E-state index in [2.05, 4.69) is 10.6 Å². The van der Waals surface area contributed by atoms with E-state index in [1.165, 1.54) is 18.9 Å². The highest BCUT2D eigenvalue weighted by Gasteiger charge is 2.31. The summed E-state index contributed by atoms with van der Waals surface area (Å²) in [6, 6.07) is 3.18. The summed E-state index contributed by atoms with van der Waals surface area (Å²) in [4.78, 5) is 23.7. The van der Waals surface area contributed by atoms with E-state index in [0.717, 1.165) is 31.4 Å². The molecule has 1 aliphatic carbocycles. The Morgan fingerprint density at radius 1 is 1.12 bits per heavy atom. The van der Waals surface area contributed by atoms with Crippen LogP contribution in [0.2, 0.25) is 0 Å². The van der Waals surface area contributed by atoms with Gasteiger partial charge in [0.1, 0.15) is 0 Å². The summed E-state index contributed by atoms with van der Waals surface area (Å²) in [6.07, 6.45) is 1.34. The molecule has 26 heavy (non-hydrogen) atoms. The van der Waals surface area contributed by atoms with Gasteiger partial charge in [0.15, 0.2) is 0 Å². The maximum absolute atomic E-state index is 12.9. The summed E-state index contributed by atoms with van der Waals surface area (Å²) in [6.45, 7) is -0.359. The molecule has 0 saturated heterocycles. The molecular weight excluding hydrogens is 347 g/mol. The number of halogens is 3. The van der Waals surface area contributed by atoms with Gasteiger partial charge in [0.2, 0.25) is 11.8 Å². The minimum Gasteiger partial charge on any atom is -0.347 e. The summed E-state index contributed by atoms with van der Waals surface area (Å²) in [7, 11) is 0. The van der Waals surface area contributed by atoms with E-state index in [1.54, 1.807) is 0 Å². The van der Waals surface area contributed by atoms with Crippen molar-refractivity contribution in [2.45, 2.75) is 51.2 Å². The van der Waals surface area contributed by atoms with Crippen LogP contribution >= 0.6 is 0 Å². The van der Waals surface area contributed by atoms with Crippen molar-refractivity contribution in [1.82, 2.24) is 5.32 Å². The van der Waals surface area contributed by atoms with E-state index in [4.69, 9.17) is 5.73 Å². The first kappa shape index (κ1) is 20.2. The molecule has 1 aromatic carbocycles. The first-order valence-corrected chi connectivity index (χ1v) is 8.75. The number of hydrogen-bond donors (Lipinski definition) is 3.